The molecule has 0 heterocycles. The summed E-state index contributed by atoms with van der Waals surface area (Å²) in [6.45, 7) is 19.7. The molecule has 0 aliphatic heterocycles. The highest BCUT2D eigenvalue weighted by atomic mass is 16.5. The molecule has 1 unspecified atom stereocenters. The number of unbranched alkanes of at least 4 members (excludes halogenated alkanes) is 2. The summed E-state index contributed by atoms with van der Waals surface area (Å²) in [6, 6.07) is 0. The highest BCUT2D eigenvalue weighted by Gasteiger charge is 2.22. The van der Waals surface area contributed by atoms with Crippen molar-refractivity contribution in [3.05, 3.63) is 0 Å². The number of Topliss-reactive ketones (excluding diaryl/α,β-unsaturated/α-hetero) is 1. The maximum Gasteiger partial charge on any atom is 0.306 e. The summed E-state index contributed by atoms with van der Waals surface area (Å²) in [5, 5.41) is 17.8. The van der Waals surface area contributed by atoms with Gasteiger partial charge in [-0.2, -0.15) is 10.2 Å². The second-order valence-corrected chi connectivity index (χ2v) is 10.8. The quantitative estimate of drug-likeness (QED) is 0.101. The van der Waals surface area contributed by atoms with Crippen LogP contribution in [0.25, 0.3) is 0 Å². The van der Waals surface area contributed by atoms with Crippen molar-refractivity contribution in [3.8, 4) is 0 Å². The molecule has 0 saturated heterocycles. The van der Waals surface area contributed by atoms with Gasteiger partial charge in [0.1, 0.15) is 5.78 Å². The summed E-state index contributed by atoms with van der Waals surface area (Å²) < 4.78 is 9.84. The molecule has 214 valence electrons. The van der Waals surface area contributed by atoms with E-state index in [0.717, 1.165) is 25.7 Å². The number of esters is 2. The zero-order valence-corrected chi connectivity index (χ0v) is 24.5. The van der Waals surface area contributed by atoms with Gasteiger partial charge in [0.15, 0.2) is 5.72 Å². The van der Waals surface area contributed by atoms with E-state index in [1.807, 2.05) is 55.4 Å². The molecule has 0 aromatic rings. The molecule has 0 aliphatic rings. The Morgan fingerprint density at radius 1 is 0.806 bits per heavy atom. The number of rotatable bonds is 13. The Hall–Kier alpha value is -1.91. The lowest BCUT2D eigenvalue weighted by molar-refractivity contribution is -0.145. The van der Waals surface area contributed by atoms with Gasteiger partial charge >= 0.3 is 11.9 Å². The Morgan fingerprint density at radius 3 is 1.56 bits per heavy atom. The van der Waals surface area contributed by atoms with Gasteiger partial charge in [-0.1, -0.05) is 26.7 Å². The van der Waals surface area contributed by atoms with Crippen LogP contribution in [0.5, 0.6) is 0 Å². The maximum absolute atomic E-state index is 11.4. The number of carbonyl (C=O) groups excluding carboxylic acids is 3. The molecule has 0 spiro atoms. The zero-order chi connectivity index (χ0) is 28.8. The molecule has 0 aliphatic carbocycles. The number of nitrogens with one attached hydrogen (secondary N) is 1. The second-order valence-electron chi connectivity index (χ2n) is 10.8. The summed E-state index contributed by atoms with van der Waals surface area (Å²) in [5.41, 5.74) is 1.04. The third-order valence-electron chi connectivity index (χ3n) is 4.00. The van der Waals surface area contributed by atoms with Crippen LogP contribution in [0.2, 0.25) is 0 Å². The van der Waals surface area contributed by atoms with Gasteiger partial charge in [-0.05, 0) is 68.2 Å². The van der Waals surface area contributed by atoms with Crippen molar-refractivity contribution in [1.82, 2.24) is 5.43 Å². The van der Waals surface area contributed by atoms with Crippen molar-refractivity contribution in [2.45, 2.75) is 137 Å². The minimum absolute atomic E-state index is 0.0300. The molecule has 10 nitrogen and oxygen atoms in total. The Kier molecular flexibility index (Phi) is 22.7. The fourth-order valence-electron chi connectivity index (χ4n) is 1.73. The summed E-state index contributed by atoms with van der Waals surface area (Å²) in [4.78, 5) is 32.7. The predicted molar refractivity (Wildman–Crippen MR) is 143 cm³/mol. The first-order chi connectivity index (χ1) is 16.4. The molecule has 0 fully saturated rings. The number of hydrazine groups is 1. The van der Waals surface area contributed by atoms with Crippen LogP contribution >= 0.6 is 0 Å². The van der Waals surface area contributed by atoms with Gasteiger partial charge in [-0.3, -0.25) is 20.9 Å². The van der Waals surface area contributed by atoms with E-state index in [1.54, 1.807) is 6.92 Å². The fraction of sp³-hybridized carbons (Fsp3) is 0.885. The number of hydrogen-bond donors (Lipinski definition) is 3. The molecule has 0 radical (unpaired) electrons. The number of hydrogen-bond acceptors (Lipinski definition) is 10. The van der Waals surface area contributed by atoms with E-state index in [2.05, 4.69) is 15.7 Å². The Labute approximate surface area is 219 Å². The lowest BCUT2D eigenvalue weighted by atomic mass is 10.1. The number of ether oxygens (including phenoxy) is 2. The van der Waals surface area contributed by atoms with E-state index in [4.69, 9.17) is 15.3 Å². The first-order valence-electron chi connectivity index (χ1n) is 12.8. The van der Waals surface area contributed by atoms with E-state index in [1.165, 1.54) is 6.92 Å². The van der Waals surface area contributed by atoms with Crippen LogP contribution in [0, 0.1) is 0 Å². The summed E-state index contributed by atoms with van der Waals surface area (Å²) >= 11 is 0. The maximum atomic E-state index is 11.4. The van der Waals surface area contributed by atoms with Crippen LogP contribution < -0.4 is 11.3 Å². The van der Waals surface area contributed by atoms with Crippen molar-refractivity contribution in [2.24, 2.45) is 16.1 Å². The monoisotopic (exact) mass is 518 g/mol. The lowest BCUT2D eigenvalue weighted by Gasteiger charge is -2.19. The molecule has 0 saturated carbocycles. The van der Waals surface area contributed by atoms with E-state index >= 15 is 0 Å². The number of aliphatic hydroxyl groups is 1. The largest absolute Gasteiger partial charge is 0.466 e. The third-order valence-corrected chi connectivity index (χ3v) is 4.00. The number of ketones is 1. The Bertz CT molecular complexity index is 623. The standard InChI is InChI=1S/C13H26N2O3.C9H16O3.C4H12N2/c1-6-7-10-18-11(16)8-9-13(5,17)15-14-12(2,3)4;1-3-4-7-12-9(11)6-5-8(2)10;1-4(2,3)6-5/h17H,6-10H2,1-5H3;3-7H2,1-2H3;6H,5H2,1-3H3. The van der Waals surface area contributed by atoms with Crippen molar-refractivity contribution >= 4 is 17.7 Å². The fourth-order valence-corrected chi connectivity index (χ4v) is 1.73. The van der Waals surface area contributed by atoms with Crippen LogP contribution in [-0.4, -0.2) is 52.8 Å². The van der Waals surface area contributed by atoms with Gasteiger partial charge < -0.3 is 19.4 Å². The third kappa shape index (κ3) is 36.7. The average Bonchev–Trinajstić information content (AvgIpc) is 2.75. The van der Waals surface area contributed by atoms with Gasteiger partial charge in [0.2, 0.25) is 0 Å². The van der Waals surface area contributed by atoms with Crippen molar-refractivity contribution in [2.75, 3.05) is 13.2 Å². The number of azo groups is 1. The summed E-state index contributed by atoms with van der Waals surface area (Å²) in [7, 11) is 0. The minimum atomic E-state index is -1.31. The highest BCUT2D eigenvalue weighted by molar-refractivity contribution is 5.80. The number of carbonyl (C=O) groups is 3. The molecule has 10 heteroatoms. The van der Waals surface area contributed by atoms with E-state index in [0.29, 0.717) is 19.6 Å². The molecule has 36 heavy (non-hydrogen) atoms. The molecule has 0 bridgehead atoms. The van der Waals surface area contributed by atoms with Crippen molar-refractivity contribution in [1.29, 1.82) is 0 Å². The minimum Gasteiger partial charge on any atom is -0.466 e. The molecular weight excluding hydrogens is 464 g/mol. The highest BCUT2D eigenvalue weighted by Crippen LogP contribution is 2.18. The summed E-state index contributed by atoms with van der Waals surface area (Å²) in [6.07, 6.45) is 4.66. The molecular formula is C26H54N4O6. The number of nitrogens with two attached hydrogens (primary N) is 1. The average molecular weight is 519 g/mol. The van der Waals surface area contributed by atoms with E-state index in [-0.39, 0.29) is 48.1 Å². The van der Waals surface area contributed by atoms with Crippen LogP contribution in [0.15, 0.2) is 10.2 Å². The molecule has 0 aromatic carbocycles. The molecule has 0 rings (SSSR count). The van der Waals surface area contributed by atoms with Crippen molar-refractivity contribution in [3.63, 3.8) is 0 Å². The first kappa shape index (κ1) is 38.6. The van der Waals surface area contributed by atoms with Crippen LogP contribution in [0.1, 0.15) is 121 Å². The molecule has 0 aromatic heterocycles. The predicted octanol–water partition coefficient (Wildman–Crippen LogP) is 5.02. The second kappa shape index (κ2) is 21.2. The first-order valence-corrected chi connectivity index (χ1v) is 12.8. The topological polar surface area (TPSA) is 153 Å². The molecule has 1 atom stereocenters. The molecule has 0 amide bonds. The van der Waals surface area contributed by atoms with Crippen LogP contribution in [-0.2, 0) is 23.9 Å². The van der Waals surface area contributed by atoms with E-state index in [9.17, 15) is 19.5 Å². The number of nitrogens with zero attached hydrogens (tertiary/aromatic N) is 2. The normalized spacial score (nSPS) is 13.0. The van der Waals surface area contributed by atoms with Gasteiger partial charge in [0, 0.05) is 18.4 Å². The van der Waals surface area contributed by atoms with Crippen LogP contribution in [0.4, 0.5) is 0 Å². The summed E-state index contributed by atoms with van der Waals surface area (Å²) in [5.74, 6) is 4.52. The van der Waals surface area contributed by atoms with E-state index < -0.39 is 5.72 Å². The van der Waals surface area contributed by atoms with Gasteiger partial charge in [-0.25, -0.2) is 0 Å². The SMILES string of the molecule is CC(C)(C)NN.CCCCOC(=O)CCC(C)(O)N=NC(C)(C)C.CCCCOC(=O)CCC(C)=O. The Balaban J connectivity index is -0.000000518. The smallest absolute Gasteiger partial charge is 0.306 e. The van der Waals surface area contributed by atoms with Crippen LogP contribution in [0.3, 0.4) is 0 Å². The van der Waals surface area contributed by atoms with Gasteiger partial charge in [0.25, 0.3) is 0 Å². The van der Waals surface area contributed by atoms with Gasteiger partial charge in [0.05, 0.1) is 31.6 Å². The Morgan fingerprint density at radius 2 is 1.22 bits per heavy atom. The molecule has 4 N–H and O–H groups in total. The zero-order valence-electron chi connectivity index (χ0n) is 24.5. The lowest BCUT2D eigenvalue weighted by Crippen LogP contribution is -2.41. The van der Waals surface area contributed by atoms with Gasteiger partial charge in [-0.15, -0.1) is 0 Å². The van der Waals surface area contributed by atoms with Crippen molar-refractivity contribution < 1.29 is 29.0 Å².